The summed E-state index contributed by atoms with van der Waals surface area (Å²) in [6, 6.07) is 12.3. The molecular weight excluding hydrogens is 242 g/mol. The number of nitrogens with zero attached hydrogens (tertiary/aromatic N) is 1. The predicted molar refractivity (Wildman–Crippen MR) is 75.1 cm³/mol. The Kier molecular flexibility index (Phi) is 2.99. The van der Waals surface area contributed by atoms with Crippen molar-refractivity contribution in [3.63, 3.8) is 0 Å². The van der Waals surface area contributed by atoms with E-state index in [4.69, 9.17) is 4.74 Å². The van der Waals surface area contributed by atoms with Gasteiger partial charge >= 0.3 is 0 Å². The fourth-order valence-electron chi connectivity index (χ4n) is 2.09. The summed E-state index contributed by atoms with van der Waals surface area (Å²) in [5, 5.41) is 4.31. The van der Waals surface area contributed by atoms with Crippen LogP contribution >= 0.6 is 11.3 Å². The zero-order valence-corrected chi connectivity index (χ0v) is 10.8. The van der Waals surface area contributed by atoms with Crippen molar-refractivity contribution in [1.82, 2.24) is 4.98 Å². The summed E-state index contributed by atoms with van der Waals surface area (Å²) >= 11 is 1.49. The molecule has 0 unspecified atom stereocenters. The molecule has 3 aromatic rings. The van der Waals surface area contributed by atoms with Gasteiger partial charge in [-0.15, -0.1) is 11.3 Å². The SMILES string of the molecule is CCOc1cccc2c(-c3cs[c]n3)cccc12. The van der Waals surface area contributed by atoms with E-state index < -0.39 is 0 Å². The average molecular weight is 254 g/mol. The highest BCUT2D eigenvalue weighted by Crippen LogP contribution is 2.33. The molecule has 2 nitrogen and oxygen atoms in total. The fourth-order valence-corrected chi connectivity index (χ4v) is 2.59. The van der Waals surface area contributed by atoms with Crippen LogP contribution in [0.3, 0.4) is 0 Å². The molecule has 1 aromatic heterocycles. The molecule has 0 aliphatic carbocycles. The number of aromatic nitrogens is 1. The molecule has 0 N–H and O–H groups in total. The molecule has 0 saturated carbocycles. The summed E-state index contributed by atoms with van der Waals surface area (Å²) < 4.78 is 5.67. The number of hydrogen-bond acceptors (Lipinski definition) is 3. The van der Waals surface area contributed by atoms with Gasteiger partial charge in [0.15, 0.2) is 5.51 Å². The Morgan fingerprint density at radius 1 is 1.17 bits per heavy atom. The number of rotatable bonds is 3. The molecule has 0 bridgehead atoms. The lowest BCUT2D eigenvalue weighted by Gasteiger charge is -2.09. The Bertz CT molecular complexity index is 661. The van der Waals surface area contributed by atoms with Crippen LogP contribution in [0.1, 0.15) is 6.92 Å². The maximum absolute atomic E-state index is 5.67. The van der Waals surface area contributed by atoms with Gasteiger partial charge < -0.3 is 4.74 Å². The van der Waals surface area contributed by atoms with E-state index in [0.29, 0.717) is 6.61 Å². The Morgan fingerprint density at radius 3 is 2.78 bits per heavy atom. The van der Waals surface area contributed by atoms with E-state index >= 15 is 0 Å². The fraction of sp³-hybridized carbons (Fsp3) is 0.133. The molecule has 0 saturated heterocycles. The third-order valence-electron chi connectivity index (χ3n) is 2.85. The molecule has 3 heteroatoms. The number of benzene rings is 2. The summed E-state index contributed by atoms with van der Waals surface area (Å²) in [6.07, 6.45) is 0. The van der Waals surface area contributed by atoms with Crippen molar-refractivity contribution >= 4 is 22.1 Å². The van der Waals surface area contributed by atoms with Crippen LogP contribution in [0.25, 0.3) is 22.0 Å². The van der Waals surface area contributed by atoms with Gasteiger partial charge in [-0.3, -0.25) is 0 Å². The zero-order valence-electron chi connectivity index (χ0n) is 10.0. The molecular formula is C15H12NOS. The van der Waals surface area contributed by atoms with Crippen molar-refractivity contribution in [3.05, 3.63) is 47.3 Å². The molecule has 89 valence electrons. The average Bonchev–Trinajstić information content (AvgIpc) is 2.93. The van der Waals surface area contributed by atoms with Gasteiger partial charge in [0.2, 0.25) is 0 Å². The molecule has 0 fully saturated rings. The second kappa shape index (κ2) is 4.78. The number of thiazole rings is 1. The van der Waals surface area contributed by atoms with Gasteiger partial charge in [0.25, 0.3) is 0 Å². The minimum Gasteiger partial charge on any atom is -0.493 e. The first-order valence-electron chi connectivity index (χ1n) is 5.86. The Labute approximate surface area is 110 Å². The van der Waals surface area contributed by atoms with Crippen molar-refractivity contribution < 1.29 is 4.74 Å². The molecule has 0 amide bonds. The van der Waals surface area contributed by atoms with Crippen molar-refractivity contribution in [3.8, 4) is 17.0 Å². The second-order valence-electron chi connectivity index (χ2n) is 3.91. The predicted octanol–water partition coefficient (Wildman–Crippen LogP) is 4.16. The molecule has 2 aromatic carbocycles. The van der Waals surface area contributed by atoms with Crippen LogP contribution in [-0.4, -0.2) is 11.6 Å². The first-order valence-corrected chi connectivity index (χ1v) is 6.74. The second-order valence-corrected chi connectivity index (χ2v) is 4.57. The highest BCUT2D eigenvalue weighted by Gasteiger charge is 2.08. The van der Waals surface area contributed by atoms with E-state index in [2.05, 4.69) is 28.7 Å². The van der Waals surface area contributed by atoms with E-state index in [1.165, 1.54) is 16.7 Å². The van der Waals surface area contributed by atoms with Gasteiger partial charge in [-0.25, -0.2) is 4.98 Å². The van der Waals surface area contributed by atoms with E-state index in [-0.39, 0.29) is 0 Å². The first kappa shape index (κ1) is 11.2. The largest absolute Gasteiger partial charge is 0.493 e. The third-order valence-corrected chi connectivity index (χ3v) is 3.39. The van der Waals surface area contributed by atoms with E-state index in [1.807, 2.05) is 30.5 Å². The molecule has 3 rings (SSSR count). The van der Waals surface area contributed by atoms with E-state index in [0.717, 1.165) is 22.4 Å². The Hall–Kier alpha value is -1.87. The zero-order chi connectivity index (χ0) is 12.4. The normalized spacial score (nSPS) is 10.7. The monoisotopic (exact) mass is 254 g/mol. The maximum Gasteiger partial charge on any atom is 0.152 e. The van der Waals surface area contributed by atoms with Crippen LogP contribution < -0.4 is 4.74 Å². The van der Waals surface area contributed by atoms with Crippen LogP contribution in [0.4, 0.5) is 0 Å². The van der Waals surface area contributed by atoms with E-state index in [1.54, 1.807) is 0 Å². The summed E-state index contributed by atoms with van der Waals surface area (Å²) in [5.74, 6) is 0.927. The quantitative estimate of drug-likeness (QED) is 0.700. The van der Waals surface area contributed by atoms with Crippen LogP contribution in [-0.2, 0) is 0 Å². The molecule has 1 heterocycles. The van der Waals surface area contributed by atoms with Crippen LogP contribution in [0.5, 0.6) is 5.75 Å². The van der Waals surface area contributed by atoms with Crippen molar-refractivity contribution in [2.75, 3.05) is 6.61 Å². The van der Waals surface area contributed by atoms with Crippen LogP contribution in [0.15, 0.2) is 41.8 Å². The standard InChI is InChI=1S/C15H12NOS/c1-2-17-15-8-4-5-11-12(6-3-7-13(11)15)14-9-18-10-16-14/h3-9H,2H2,1H3. The summed E-state index contributed by atoms with van der Waals surface area (Å²) in [7, 11) is 0. The molecule has 0 aliphatic heterocycles. The first-order chi connectivity index (χ1) is 8.90. The van der Waals surface area contributed by atoms with Crippen LogP contribution in [0, 0.1) is 5.51 Å². The lowest BCUT2D eigenvalue weighted by molar-refractivity contribution is 0.344. The van der Waals surface area contributed by atoms with Gasteiger partial charge in [-0.2, -0.15) is 0 Å². The molecule has 1 radical (unpaired) electrons. The summed E-state index contributed by atoms with van der Waals surface area (Å²) in [5.41, 5.74) is 5.00. The van der Waals surface area contributed by atoms with E-state index in [9.17, 15) is 0 Å². The molecule has 18 heavy (non-hydrogen) atoms. The Morgan fingerprint density at radius 2 is 2.00 bits per heavy atom. The van der Waals surface area contributed by atoms with Crippen molar-refractivity contribution in [1.29, 1.82) is 0 Å². The highest BCUT2D eigenvalue weighted by molar-refractivity contribution is 7.07. The molecule has 0 spiro atoms. The minimum absolute atomic E-state index is 0.674. The minimum atomic E-state index is 0.674. The lowest BCUT2D eigenvalue weighted by Crippen LogP contribution is -1.92. The van der Waals surface area contributed by atoms with Gasteiger partial charge in [-0.1, -0.05) is 30.3 Å². The number of fused-ring (bicyclic) bond motifs is 1. The van der Waals surface area contributed by atoms with Gasteiger partial charge in [0.05, 0.1) is 12.3 Å². The maximum atomic E-state index is 5.67. The van der Waals surface area contributed by atoms with Crippen molar-refractivity contribution in [2.45, 2.75) is 6.92 Å². The summed E-state index contributed by atoms with van der Waals surface area (Å²) in [6.45, 7) is 2.67. The number of ether oxygens (including phenoxy) is 1. The third kappa shape index (κ3) is 1.87. The topological polar surface area (TPSA) is 22.1 Å². The smallest absolute Gasteiger partial charge is 0.152 e. The lowest BCUT2D eigenvalue weighted by atomic mass is 10.0. The van der Waals surface area contributed by atoms with Gasteiger partial charge in [0.1, 0.15) is 5.75 Å². The van der Waals surface area contributed by atoms with Crippen molar-refractivity contribution in [2.24, 2.45) is 0 Å². The van der Waals surface area contributed by atoms with Gasteiger partial charge in [-0.05, 0) is 18.4 Å². The number of hydrogen-bond donors (Lipinski definition) is 0. The summed E-state index contributed by atoms with van der Waals surface area (Å²) in [4.78, 5) is 4.26. The molecule has 0 atom stereocenters. The highest BCUT2D eigenvalue weighted by atomic mass is 32.1. The van der Waals surface area contributed by atoms with Crippen LogP contribution in [0.2, 0.25) is 0 Å². The Balaban J connectivity index is 2.26. The molecule has 0 aliphatic rings. The van der Waals surface area contributed by atoms with Gasteiger partial charge in [0, 0.05) is 16.3 Å².